The van der Waals surface area contributed by atoms with Crippen LogP contribution in [-0.2, 0) is 4.74 Å². The Morgan fingerprint density at radius 3 is 2.56 bits per heavy atom. The summed E-state index contributed by atoms with van der Waals surface area (Å²) < 4.78 is 5.70. The topological polar surface area (TPSA) is 41.5 Å². The van der Waals surface area contributed by atoms with E-state index in [0.717, 1.165) is 45.3 Å². The van der Waals surface area contributed by atoms with E-state index in [4.69, 9.17) is 4.74 Å². The second-order valence-corrected chi connectivity index (χ2v) is 5.24. The Morgan fingerprint density at radius 1 is 1.06 bits per heavy atom. The van der Waals surface area contributed by atoms with Gasteiger partial charge < -0.3 is 15.2 Å². The summed E-state index contributed by atoms with van der Waals surface area (Å²) in [7, 11) is 0. The zero-order valence-electron chi connectivity index (χ0n) is 10.2. The van der Waals surface area contributed by atoms with Crippen LogP contribution in [0, 0.1) is 0 Å². The Bertz CT molecular complexity index is 184. The molecule has 2 aliphatic rings. The lowest BCUT2D eigenvalue weighted by Crippen LogP contribution is -2.36. The smallest absolute Gasteiger partial charge is 0.0587 e. The molecule has 3 heteroatoms. The average molecular weight is 227 g/mol. The number of hydrogen-bond acceptors (Lipinski definition) is 3. The molecule has 0 bridgehead atoms. The van der Waals surface area contributed by atoms with Crippen LogP contribution in [0.15, 0.2) is 0 Å². The van der Waals surface area contributed by atoms with E-state index in [9.17, 15) is 5.11 Å². The van der Waals surface area contributed by atoms with Crippen LogP contribution >= 0.6 is 0 Å². The minimum atomic E-state index is -0.0419. The van der Waals surface area contributed by atoms with E-state index in [-0.39, 0.29) is 6.10 Å². The molecule has 0 spiro atoms. The van der Waals surface area contributed by atoms with Gasteiger partial charge in [0.15, 0.2) is 0 Å². The van der Waals surface area contributed by atoms with E-state index in [1.807, 2.05) is 0 Å². The molecule has 2 N–H and O–H groups in total. The maximum atomic E-state index is 9.41. The van der Waals surface area contributed by atoms with Crippen molar-refractivity contribution in [3.05, 3.63) is 0 Å². The van der Waals surface area contributed by atoms with Crippen molar-refractivity contribution < 1.29 is 9.84 Å². The summed E-state index contributed by atoms with van der Waals surface area (Å²) >= 11 is 0. The Hall–Kier alpha value is -0.120. The summed E-state index contributed by atoms with van der Waals surface area (Å²) in [6.07, 6.45) is 9.62. The van der Waals surface area contributed by atoms with E-state index >= 15 is 0 Å². The molecule has 2 fully saturated rings. The third-order valence-electron chi connectivity index (χ3n) is 3.87. The van der Waals surface area contributed by atoms with Crippen molar-refractivity contribution in [1.29, 1.82) is 0 Å². The summed E-state index contributed by atoms with van der Waals surface area (Å²) in [5, 5.41) is 13.0. The Labute approximate surface area is 98.6 Å². The number of aliphatic hydroxyl groups excluding tert-OH is 1. The largest absolute Gasteiger partial charge is 0.393 e. The van der Waals surface area contributed by atoms with Crippen LogP contribution in [0.5, 0.6) is 0 Å². The van der Waals surface area contributed by atoms with Gasteiger partial charge in [0.2, 0.25) is 0 Å². The summed E-state index contributed by atoms with van der Waals surface area (Å²) in [4.78, 5) is 0. The molecular formula is C13H25NO2. The molecule has 1 heterocycles. The average Bonchev–Trinajstić information content (AvgIpc) is 2.33. The van der Waals surface area contributed by atoms with Gasteiger partial charge in [0.05, 0.1) is 12.2 Å². The molecule has 0 aromatic rings. The van der Waals surface area contributed by atoms with Gasteiger partial charge in [-0.15, -0.1) is 0 Å². The first-order valence-electron chi connectivity index (χ1n) is 6.87. The number of ether oxygens (including phenoxy) is 1. The third kappa shape index (κ3) is 4.04. The van der Waals surface area contributed by atoms with Gasteiger partial charge in [-0.2, -0.15) is 0 Å². The van der Waals surface area contributed by atoms with Crippen LogP contribution in [-0.4, -0.2) is 36.5 Å². The van der Waals surface area contributed by atoms with Crippen molar-refractivity contribution in [2.24, 2.45) is 0 Å². The standard InChI is InChI=1S/C13H25NO2/c15-12-6-4-11(5-7-12)14-9-8-13-3-1-2-10-16-13/h11-15H,1-10H2. The van der Waals surface area contributed by atoms with E-state index in [0.29, 0.717) is 12.1 Å². The lowest BCUT2D eigenvalue weighted by atomic mass is 9.93. The maximum absolute atomic E-state index is 9.41. The van der Waals surface area contributed by atoms with Crippen LogP contribution in [0.1, 0.15) is 51.4 Å². The van der Waals surface area contributed by atoms with Gasteiger partial charge in [-0.25, -0.2) is 0 Å². The first-order valence-corrected chi connectivity index (χ1v) is 6.87. The highest BCUT2D eigenvalue weighted by molar-refractivity contribution is 4.77. The number of hydrogen-bond donors (Lipinski definition) is 2. The molecule has 1 unspecified atom stereocenters. The van der Waals surface area contributed by atoms with Gasteiger partial charge in [0, 0.05) is 12.6 Å². The van der Waals surface area contributed by atoms with Gasteiger partial charge in [-0.3, -0.25) is 0 Å². The highest BCUT2D eigenvalue weighted by atomic mass is 16.5. The van der Waals surface area contributed by atoms with Gasteiger partial charge in [0.1, 0.15) is 0 Å². The van der Waals surface area contributed by atoms with Crippen LogP contribution in [0.2, 0.25) is 0 Å². The minimum Gasteiger partial charge on any atom is -0.393 e. The SMILES string of the molecule is OC1CCC(NCCC2CCCCO2)CC1. The zero-order valence-corrected chi connectivity index (χ0v) is 10.2. The molecule has 94 valence electrons. The molecule has 1 saturated carbocycles. The zero-order chi connectivity index (χ0) is 11.2. The van der Waals surface area contributed by atoms with Crippen molar-refractivity contribution in [3.63, 3.8) is 0 Å². The predicted molar refractivity (Wildman–Crippen MR) is 64.5 cm³/mol. The first kappa shape index (κ1) is 12.3. The summed E-state index contributed by atoms with van der Waals surface area (Å²) in [5.41, 5.74) is 0. The molecular weight excluding hydrogens is 202 g/mol. The van der Waals surface area contributed by atoms with Crippen LogP contribution < -0.4 is 5.32 Å². The second kappa shape index (κ2) is 6.58. The van der Waals surface area contributed by atoms with Gasteiger partial charge in [-0.1, -0.05) is 0 Å². The van der Waals surface area contributed by atoms with Gasteiger partial charge in [-0.05, 0) is 57.9 Å². The molecule has 0 radical (unpaired) electrons. The predicted octanol–water partition coefficient (Wildman–Crippen LogP) is 1.84. The minimum absolute atomic E-state index is 0.0419. The molecule has 1 aliphatic carbocycles. The molecule has 0 amide bonds. The Kier molecular flexibility index (Phi) is 5.07. The Morgan fingerprint density at radius 2 is 1.88 bits per heavy atom. The quantitative estimate of drug-likeness (QED) is 0.770. The number of nitrogens with one attached hydrogen (secondary N) is 1. The highest BCUT2D eigenvalue weighted by Crippen LogP contribution is 2.19. The molecule has 1 atom stereocenters. The lowest BCUT2D eigenvalue weighted by Gasteiger charge is -2.28. The van der Waals surface area contributed by atoms with E-state index in [1.54, 1.807) is 0 Å². The van der Waals surface area contributed by atoms with Crippen molar-refractivity contribution >= 4 is 0 Å². The molecule has 0 aromatic heterocycles. The van der Waals surface area contributed by atoms with Crippen molar-refractivity contribution in [2.45, 2.75) is 69.6 Å². The maximum Gasteiger partial charge on any atom is 0.0587 e. The second-order valence-electron chi connectivity index (χ2n) is 5.24. The summed E-state index contributed by atoms with van der Waals surface area (Å²) in [5.74, 6) is 0. The van der Waals surface area contributed by atoms with Crippen LogP contribution in [0.4, 0.5) is 0 Å². The van der Waals surface area contributed by atoms with Gasteiger partial charge >= 0.3 is 0 Å². The van der Waals surface area contributed by atoms with E-state index < -0.39 is 0 Å². The van der Waals surface area contributed by atoms with E-state index in [2.05, 4.69) is 5.32 Å². The molecule has 2 rings (SSSR count). The molecule has 0 aromatic carbocycles. The fourth-order valence-electron chi connectivity index (χ4n) is 2.76. The van der Waals surface area contributed by atoms with Crippen molar-refractivity contribution in [2.75, 3.05) is 13.2 Å². The van der Waals surface area contributed by atoms with Crippen molar-refractivity contribution in [1.82, 2.24) is 5.32 Å². The Balaban J connectivity index is 1.53. The monoisotopic (exact) mass is 227 g/mol. The molecule has 16 heavy (non-hydrogen) atoms. The fourth-order valence-corrected chi connectivity index (χ4v) is 2.76. The molecule has 3 nitrogen and oxygen atoms in total. The summed E-state index contributed by atoms with van der Waals surface area (Å²) in [6.45, 7) is 2.03. The summed E-state index contributed by atoms with van der Waals surface area (Å²) in [6, 6.07) is 0.631. The van der Waals surface area contributed by atoms with Crippen LogP contribution in [0.25, 0.3) is 0 Å². The number of rotatable bonds is 4. The first-order chi connectivity index (χ1) is 7.84. The van der Waals surface area contributed by atoms with Gasteiger partial charge in [0.25, 0.3) is 0 Å². The van der Waals surface area contributed by atoms with E-state index in [1.165, 1.54) is 19.3 Å². The normalized spacial score (nSPS) is 36.2. The molecule has 1 saturated heterocycles. The fraction of sp³-hybridized carbons (Fsp3) is 1.00. The van der Waals surface area contributed by atoms with Crippen molar-refractivity contribution in [3.8, 4) is 0 Å². The molecule has 1 aliphatic heterocycles. The van der Waals surface area contributed by atoms with Crippen LogP contribution in [0.3, 0.4) is 0 Å². The lowest BCUT2D eigenvalue weighted by molar-refractivity contribution is 0.0107. The highest BCUT2D eigenvalue weighted by Gasteiger charge is 2.19. The third-order valence-corrected chi connectivity index (χ3v) is 3.87. The number of aliphatic hydroxyl groups is 1.